The van der Waals surface area contributed by atoms with Crippen molar-refractivity contribution in [3.63, 3.8) is 0 Å². The number of nitrogens with zero attached hydrogens (tertiary/aromatic N) is 2. The first-order chi connectivity index (χ1) is 12.7. The Morgan fingerprint density at radius 3 is 2.23 bits per heavy atom. The van der Waals surface area contributed by atoms with Crippen molar-refractivity contribution in [2.45, 2.75) is 0 Å². The van der Waals surface area contributed by atoms with E-state index in [2.05, 4.69) is 11.1 Å². The lowest BCUT2D eigenvalue weighted by molar-refractivity contribution is 0.394. The van der Waals surface area contributed by atoms with Crippen molar-refractivity contribution in [2.75, 3.05) is 21.3 Å². The van der Waals surface area contributed by atoms with E-state index in [0.29, 0.717) is 28.3 Å². The molecule has 1 heterocycles. The fourth-order valence-electron chi connectivity index (χ4n) is 2.77. The van der Waals surface area contributed by atoms with E-state index in [4.69, 9.17) is 14.2 Å². The Bertz CT molecular complexity index is 963. The molecule has 0 bridgehead atoms. The van der Waals surface area contributed by atoms with Gasteiger partial charge in [-0.05, 0) is 18.2 Å². The van der Waals surface area contributed by atoms with Crippen LogP contribution in [0.5, 0.6) is 17.4 Å². The number of nitriles is 1. The molecule has 0 aliphatic carbocycles. The molecule has 0 unspecified atom stereocenters. The summed E-state index contributed by atoms with van der Waals surface area (Å²) >= 11 is 0. The summed E-state index contributed by atoms with van der Waals surface area (Å²) in [5.74, 6) is 1.56. The molecule has 5 nitrogen and oxygen atoms in total. The van der Waals surface area contributed by atoms with Crippen molar-refractivity contribution in [3.05, 3.63) is 60.2 Å². The van der Waals surface area contributed by atoms with Crippen LogP contribution in [-0.4, -0.2) is 26.3 Å². The number of ether oxygens (including phenoxy) is 3. The van der Waals surface area contributed by atoms with Gasteiger partial charge in [-0.15, -0.1) is 0 Å². The van der Waals surface area contributed by atoms with Gasteiger partial charge in [-0.25, -0.2) is 4.98 Å². The Hall–Kier alpha value is -3.52. The smallest absolute Gasteiger partial charge is 0.232 e. The minimum absolute atomic E-state index is 0.279. The summed E-state index contributed by atoms with van der Waals surface area (Å²) in [6, 6.07) is 19.3. The molecule has 0 atom stereocenters. The lowest BCUT2D eigenvalue weighted by Crippen LogP contribution is -1.99. The fraction of sp³-hybridized carbons (Fsp3) is 0.143. The first-order valence-corrected chi connectivity index (χ1v) is 7.98. The predicted octanol–water partition coefficient (Wildman–Crippen LogP) is 4.31. The molecule has 0 N–H and O–H groups in total. The van der Waals surface area contributed by atoms with Crippen molar-refractivity contribution in [2.24, 2.45) is 0 Å². The molecule has 1 aromatic heterocycles. The first-order valence-electron chi connectivity index (χ1n) is 7.98. The van der Waals surface area contributed by atoms with Crippen molar-refractivity contribution < 1.29 is 14.2 Å². The summed E-state index contributed by atoms with van der Waals surface area (Å²) in [4.78, 5) is 4.50. The van der Waals surface area contributed by atoms with Crippen LogP contribution in [0.25, 0.3) is 22.4 Å². The summed E-state index contributed by atoms with van der Waals surface area (Å²) in [5, 5.41) is 9.68. The van der Waals surface area contributed by atoms with E-state index in [-0.39, 0.29) is 5.88 Å². The van der Waals surface area contributed by atoms with Gasteiger partial charge in [0.2, 0.25) is 5.88 Å². The van der Waals surface area contributed by atoms with Crippen molar-refractivity contribution in [1.82, 2.24) is 4.98 Å². The van der Waals surface area contributed by atoms with Gasteiger partial charge >= 0.3 is 0 Å². The standard InChI is InChI=1S/C21H18N2O3/c1-24-15-9-10-16(20(11-15)25-2)17-12-19(14-7-5-4-6-8-14)23-21(26-3)18(17)13-22/h4-12H,1-3H3. The molecule has 0 aliphatic heterocycles. The molecule has 0 aliphatic rings. The highest BCUT2D eigenvalue weighted by Gasteiger charge is 2.19. The maximum Gasteiger partial charge on any atom is 0.232 e. The van der Waals surface area contributed by atoms with Gasteiger partial charge < -0.3 is 14.2 Å². The van der Waals surface area contributed by atoms with E-state index < -0.39 is 0 Å². The second-order valence-electron chi connectivity index (χ2n) is 5.48. The Kier molecular flexibility index (Phi) is 5.04. The first kappa shape index (κ1) is 17.3. The van der Waals surface area contributed by atoms with Crippen LogP contribution in [0.4, 0.5) is 0 Å². The minimum Gasteiger partial charge on any atom is -0.497 e. The number of aromatic nitrogens is 1. The maximum absolute atomic E-state index is 9.68. The molecule has 0 spiro atoms. The highest BCUT2D eigenvalue weighted by Crippen LogP contribution is 2.39. The van der Waals surface area contributed by atoms with Crippen molar-refractivity contribution in [3.8, 4) is 45.8 Å². The van der Waals surface area contributed by atoms with Gasteiger partial charge in [-0.2, -0.15) is 5.26 Å². The average molecular weight is 346 g/mol. The number of methoxy groups -OCH3 is 3. The number of hydrogen-bond donors (Lipinski definition) is 0. The summed E-state index contributed by atoms with van der Waals surface area (Å²) < 4.78 is 16.2. The van der Waals surface area contributed by atoms with Gasteiger partial charge in [0.05, 0.1) is 27.0 Å². The van der Waals surface area contributed by atoms with Gasteiger partial charge in [-0.1, -0.05) is 30.3 Å². The van der Waals surface area contributed by atoms with Crippen LogP contribution >= 0.6 is 0 Å². The molecule has 0 amide bonds. The second-order valence-corrected chi connectivity index (χ2v) is 5.48. The lowest BCUT2D eigenvalue weighted by Gasteiger charge is -2.15. The third-order valence-corrected chi connectivity index (χ3v) is 4.06. The lowest BCUT2D eigenvalue weighted by atomic mass is 9.98. The average Bonchev–Trinajstić information content (AvgIpc) is 2.72. The number of rotatable bonds is 5. The SMILES string of the molecule is COc1ccc(-c2cc(-c3ccccc3)nc(OC)c2C#N)c(OC)c1. The van der Waals surface area contributed by atoms with Gasteiger partial charge in [0, 0.05) is 22.8 Å². The van der Waals surface area contributed by atoms with Gasteiger partial charge in [0.15, 0.2) is 0 Å². The van der Waals surface area contributed by atoms with Crippen LogP contribution in [0.3, 0.4) is 0 Å². The van der Waals surface area contributed by atoms with Crippen LogP contribution in [0.1, 0.15) is 5.56 Å². The van der Waals surface area contributed by atoms with Gasteiger partial charge in [0.25, 0.3) is 0 Å². The summed E-state index contributed by atoms with van der Waals surface area (Å²) in [6.45, 7) is 0. The molecule has 130 valence electrons. The summed E-state index contributed by atoms with van der Waals surface area (Å²) in [7, 11) is 4.69. The third kappa shape index (κ3) is 3.17. The van der Waals surface area contributed by atoms with E-state index >= 15 is 0 Å². The zero-order chi connectivity index (χ0) is 18.5. The molecule has 26 heavy (non-hydrogen) atoms. The van der Waals surface area contributed by atoms with E-state index in [0.717, 1.165) is 11.1 Å². The molecule has 3 rings (SSSR count). The second kappa shape index (κ2) is 7.58. The zero-order valence-electron chi connectivity index (χ0n) is 14.8. The van der Waals surface area contributed by atoms with Crippen LogP contribution < -0.4 is 14.2 Å². The monoisotopic (exact) mass is 346 g/mol. The van der Waals surface area contributed by atoms with E-state index in [9.17, 15) is 5.26 Å². The summed E-state index contributed by atoms with van der Waals surface area (Å²) in [5.41, 5.74) is 3.47. The molecule has 0 radical (unpaired) electrons. The minimum atomic E-state index is 0.279. The van der Waals surface area contributed by atoms with Crippen molar-refractivity contribution in [1.29, 1.82) is 5.26 Å². The topological polar surface area (TPSA) is 64.4 Å². The molecule has 0 saturated heterocycles. The number of benzene rings is 2. The predicted molar refractivity (Wildman–Crippen MR) is 99.5 cm³/mol. The highest BCUT2D eigenvalue weighted by molar-refractivity contribution is 5.81. The summed E-state index contributed by atoms with van der Waals surface area (Å²) in [6.07, 6.45) is 0. The molecular weight excluding hydrogens is 328 g/mol. The van der Waals surface area contributed by atoms with Gasteiger partial charge in [0.1, 0.15) is 23.1 Å². The number of pyridine rings is 1. The van der Waals surface area contributed by atoms with Gasteiger partial charge in [-0.3, -0.25) is 0 Å². The molecule has 2 aromatic carbocycles. The van der Waals surface area contributed by atoms with Crippen LogP contribution in [0.2, 0.25) is 0 Å². The van der Waals surface area contributed by atoms with Crippen molar-refractivity contribution >= 4 is 0 Å². The van der Waals surface area contributed by atoms with E-state index in [1.54, 1.807) is 20.3 Å². The fourth-order valence-corrected chi connectivity index (χ4v) is 2.77. The largest absolute Gasteiger partial charge is 0.497 e. The van der Waals surface area contributed by atoms with E-state index in [1.165, 1.54) is 7.11 Å². The molecule has 5 heteroatoms. The molecular formula is C21H18N2O3. The number of hydrogen-bond acceptors (Lipinski definition) is 5. The highest BCUT2D eigenvalue weighted by atomic mass is 16.5. The Morgan fingerprint density at radius 2 is 1.62 bits per heavy atom. The quantitative estimate of drug-likeness (QED) is 0.689. The maximum atomic E-state index is 9.68. The van der Waals surface area contributed by atoms with Crippen LogP contribution in [0, 0.1) is 11.3 Å². The Labute approximate surface area is 152 Å². The molecule has 0 fully saturated rings. The Balaban J connectivity index is 2.28. The zero-order valence-corrected chi connectivity index (χ0v) is 14.8. The molecule has 3 aromatic rings. The third-order valence-electron chi connectivity index (χ3n) is 4.06. The molecule has 0 saturated carbocycles. The Morgan fingerprint density at radius 1 is 0.846 bits per heavy atom. The van der Waals surface area contributed by atoms with Crippen LogP contribution in [0.15, 0.2) is 54.6 Å². The normalized spacial score (nSPS) is 10.1. The van der Waals surface area contributed by atoms with Crippen LogP contribution in [-0.2, 0) is 0 Å². The van der Waals surface area contributed by atoms with E-state index in [1.807, 2.05) is 48.5 Å².